The Morgan fingerprint density at radius 2 is 2.07 bits per heavy atom. The van der Waals surface area contributed by atoms with Crippen LogP contribution in [0.3, 0.4) is 0 Å². The number of aliphatic hydroxyl groups is 1. The standard InChI is InChI=1S/C12H16F2O/c1-9(8-15)11-5-3-4-10(6-11)7-12(2,13)14/h3-6,9,15H,7-8H2,1-2H3. The molecule has 1 aromatic rings. The Morgan fingerprint density at radius 1 is 1.40 bits per heavy atom. The van der Waals surface area contributed by atoms with Gasteiger partial charge in [0.2, 0.25) is 5.92 Å². The Kier molecular flexibility index (Phi) is 3.80. The summed E-state index contributed by atoms with van der Waals surface area (Å²) < 4.78 is 25.5. The lowest BCUT2D eigenvalue weighted by atomic mass is 9.98. The first-order chi connectivity index (χ1) is 6.92. The fourth-order valence-corrected chi connectivity index (χ4v) is 1.47. The van der Waals surface area contributed by atoms with E-state index in [1.807, 2.05) is 13.0 Å². The first kappa shape index (κ1) is 12.1. The fraction of sp³-hybridized carbons (Fsp3) is 0.500. The highest BCUT2D eigenvalue weighted by Gasteiger charge is 2.21. The number of aliphatic hydroxyl groups excluding tert-OH is 1. The summed E-state index contributed by atoms with van der Waals surface area (Å²) in [6, 6.07) is 7.02. The lowest BCUT2D eigenvalue weighted by Crippen LogP contribution is -2.13. The molecule has 15 heavy (non-hydrogen) atoms. The Hall–Kier alpha value is -0.960. The summed E-state index contributed by atoms with van der Waals surface area (Å²) in [4.78, 5) is 0. The molecule has 0 amide bonds. The Labute approximate surface area is 88.7 Å². The maximum absolute atomic E-state index is 12.8. The molecule has 1 nitrogen and oxygen atoms in total. The van der Waals surface area contributed by atoms with Gasteiger partial charge in [0.1, 0.15) is 0 Å². The van der Waals surface area contributed by atoms with Gasteiger partial charge in [0.05, 0.1) is 0 Å². The second kappa shape index (κ2) is 4.71. The van der Waals surface area contributed by atoms with E-state index in [4.69, 9.17) is 5.11 Å². The summed E-state index contributed by atoms with van der Waals surface area (Å²) in [6.45, 7) is 2.81. The van der Waals surface area contributed by atoms with Crippen LogP contribution in [0.2, 0.25) is 0 Å². The highest BCUT2D eigenvalue weighted by atomic mass is 19.3. The lowest BCUT2D eigenvalue weighted by molar-refractivity contribution is 0.0226. The van der Waals surface area contributed by atoms with Gasteiger partial charge in [0.15, 0.2) is 0 Å². The maximum Gasteiger partial charge on any atom is 0.249 e. The van der Waals surface area contributed by atoms with Crippen molar-refractivity contribution in [3.8, 4) is 0 Å². The molecule has 0 aliphatic heterocycles. The van der Waals surface area contributed by atoms with Crippen molar-refractivity contribution in [1.82, 2.24) is 0 Å². The van der Waals surface area contributed by atoms with Crippen molar-refractivity contribution in [1.29, 1.82) is 0 Å². The molecule has 0 spiro atoms. The van der Waals surface area contributed by atoms with Crippen molar-refractivity contribution in [2.24, 2.45) is 0 Å². The number of alkyl halides is 2. The van der Waals surface area contributed by atoms with Gasteiger partial charge in [0.25, 0.3) is 0 Å². The van der Waals surface area contributed by atoms with E-state index in [2.05, 4.69) is 0 Å². The summed E-state index contributed by atoms with van der Waals surface area (Å²) in [5.74, 6) is -2.68. The number of hydrogen-bond acceptors (Lipinski definition) is 1. The first-order valence-electron chi connectivity index (χ1n) is 5.00. The van der Waals surface area contributed by atoms with E-state index in [9.17, 15) is 8.78 Å². The van der Waals surface area contributed by atoms with E-state index >= 15 is 0 Å². The summed E-state index contributed by atoms with van der Waals surface area (Å²) in [5.41, 5.74) is 1.51. The molecule has 0 aliphatic carbocycles. The van der Waals surface area contributed by atoms with Gasteiger partial charge in [-0.25, -0.2) is 8.78 Å². The van der Waals surface area contributed by atoms with E-state index in [0.29, 0.717) is 5.56 Å². The van der Waals surface area contributed by atoms with Crippen LogP contribution in [-0.2, 0) is 6.42 Å². The molecule has 0 aromatic heterocycles. The molecule has 0 saturated carbocycles. The van der Waals surface area contributed by atoms with Crippen molar-refractivity contribution in [3.05, 3.63) is 35.4 Å². The average molecular weight is 214 g/mol. The molecule has 1 N–H and O–H groups in total. The van der Waals surface area contributed by atoms with Crippen LogP contribution in [0.5, 0.6) is 0 Å². The average Bonchev–Trinajstić information content (AvgIpc) is 2.14. The minimum atomic E-state index is -2.68. The van der Waals surface area contributed by atoms with Crippen LogP contribution in [0.4, 0.5) is 8.78 Å². The third-order valence-electron chi connectivity index (χ3n) is 2.31. The topological polar surface area (TPSA) is 20.2 Å². The van der Waals surface area contributed by atoms with Gasteiger partial charge in [-0.3, -0.25) is 0 Å². The molecule has 1 aromatic carbocycles. The molecular formula is C12H16F2O. The van der Waals surface area contributed by atoms with Crippen molar-refractivity contribution in [2.45, 2.75) is 32.1 Å². The number of rotatable bonds is 4. The van der Waals surface area contributed by atoms with Crippen molar-refractivity contribution in [2.75, 3.05) is 6.61 Å². The Balaban J connectivity index is 2.83. The van der Waals surface area contributed by atoms with Crippen LogP contribution < -0.4 is 0 Å². The molecule has 3 heteroatoms. The molecule has 84 valence electrons. The molecule has 0 heterocycles. The van der Waals surface area contributed by atoms with E-state index in [-0.39, 0.29) is 18.9 Å². The molecule has 1 rings (SSSR count). The van der Waals surface area contributed by atoms with Gasteiger partial charge in [-0.15, -0.1) is 0 Å². The van der Waals surface area contributed by atoms with Gasteiger partial charge in [-0.1, -0.05) is 31.2 Å². The van der Waals surface area contributed by atoms with E-state index in [0.717, 1.165) is 12.5 Å². The second-order valence-corrected chi connectivity index (χ2v) is 4.08. The van der Waals surface area contributed by atoms with Gasteiger partial charge in [-0.2, -0.15) is 0 Å². The highest BCUT2D eigenvalue weighted by Crippen LogP contribution is 2.22. The van der Waals surface area contributed by atoms with Crippen LogP contribution >= 0.6 is 0 Å². The minimum Gasteiger partial charge on any atom is -0.396 e. The summed E-state index contributed by atoms with van der Waals surface area (Å²) in [7, 11) is 0. The van der Waals surface area contributed by atoms with E-state index < -0.39 is 5.92 Å². The van der Waals surface area contributed by atoms with Crippen LogP contribution in [-0.4, -0.2) is 17.6 Å². The molecule has 1 atom stereocenters. The smallest absolute Gasteiger partial charge is 0.249 e. The van der Waals surface area contributed by atoms with E-state index in [1.165, 1.54) is 0 Å². The molecular weight excluding hydrogens is 198 g/mol. The van der Waals surface area contributed by atoms with Crippen LogP contribution in [0.1, 0.15) is 30.9 Å². The third-order valence-corrected chi connectivity index (χ3v) is 2.31. The molecule has 1 unspecified atom stereocenters. The predicted octanol–water partition coefficient (Wildman–Crippen LogP) is 2.98. The van der Waals surface area contributed by atoms with Gasteiger partial charge < -0.3 is 5.11 Å². The Bertz CT molecular complexity index is 318. The fourth-order valence-electron chi connectivity index (χ4n) is 1.47. The van der Waals surface area contributed by atoms with Crippen molar-refractivity contribution in [3.63, 3.8) is 0 Å². The maximum atomic E-state index is 12.8. The zero-order valence-corrected chi connectivity index (χ0v) is 9.00. The molecule has 0 saturated heterocycles. The summed E-state index contributed by atoms with van der Waals surface area (Å²) in [5, 5.41) is 8.96. The lowest BCUT2D eigenvalue weighted by Gasteiger charge is -2.13. The SMILES string of the molecule is CC(CO)c1cccc(CC(C)(F)F)c1. The minimum absolute atomic E-state index is 0.00423. The summed E-state index contributed by atoms with van der Waals surface area (Å²) >= 11 is 0. The predicted molar refractivity (Wildman–Crippen MR) is 56.3 cm³/mol. The number of halogens is 2. The largest absolute Gasteiger partial charge is 0.396 e. The normalized spacial score (nSPS) is 13.9. The monoisotopic (exact) mass is 214 g/mol. The van der Waals surface area contributed by atoms with Gasteiger partial charge in [0, 0.05) is 18.9 Å². The van der Waals surface area contributed by atoms with Crippen LogP contribution in [0, 0.1) is 0 Å². The zero-order valence-electron chi connectivity index (χ0n) is 9.00. The quantitative estimate of drug-likeness (QED) is 0.817. The van der Waals surface area contributed by atoms with Crippen LogP contribution in [0.25, 0.3) is 0 Å². The second-order valence-electron chi connectivity index (χ2n) is 4.08. The number of hydrogen-bond donors (Lipinski definition) is 1. The van der Waals surface area contributed by atoms with E-state index in [1.54, 1.807) is 18.2 Å². The van der Waals surface area contributed by atoms with Crippen LogP contribution in [0.15, 0.2) is 24.3 Å². The van der Waals surface area contributed by atoms with Gasteiger partial charge in [-0.05, 0) is 18.1 Å². The molecule has 0 fully saturated rings. The van der Waals surface area contributed by atoms with Gasteiger partial charge >= 0.3 is 0 Å². The molecule has 0 aliphatic rings. The first-order valence-corrected chi connectivity index (χ1v) is 5.00. The number of benzene rings is 1. The summed E-state index contributed by atoms with van der Waals surface area (Å²) in [6.07, 6.45) is -0.251. The van der Waals surface area contributed by atoms with Crippen molar-refractivity contribution < 1.29 is 13.9 Å². The Morgan fingerprint density at radius 3 is 2.60 bits per heavy atom. The highest BCUT2D eigenvalue weighted by molar-refractivity contribution is 5.26. The molecule has 0 bridgehead atoms. The third kappa shape index (κ3) is 3.96. The van der Waals surface area contributed by atoms with Crippen molar-refractivity contribution >= 4 is 0 Å². The zero-order chi connectivity index (χ0) is 11.5. The molecule has 0 radical (unpaired) electrons.